The molecule has 0 bridgehead atoms. The van der Waals surface area contributed by atoms with E-state index in [9.17, 15) is 14.7 Å². The van der Waals surface area contributed by atoms with Gasteiger partial charge >= 0.3 is 0 Å². The summed E-state index contributed by atoms with van der Waals surface area (Å²) in [5, 5.41) is 13.7. The molecule has 148 valence electrons. The monoisotopic (exact) mass is 387 g/mol. The zero-order chi connectivity index (χ0) is 20.3. The molecule has 9 heteroatoms. The van der Waals surface area contributed by atoms with Crippen molar-refractivity contribution in [1.82, 2.24) is 10.3 Å². The number of aryl methyl sites for hydroxylation is 1. The molecule has 0 radical (unpaired) electrons. The van der Waals surface area contributed by atoms with Crippen molar-refractivity contribution in [3.63, 3.8) is 0 Å². The minimum absolute atomic E-state index is 0.00989. The first-order valence-electron chi connectivity index (χ1n) is 8.53. The van der Waals surface area contributed by atoms with Gasteiger partial charge < -0.3 is 24.3 Å². The molecule has 28 heavy (non-hydrogen) atoms. The minimum Gasteiger partial charge on any atom is -0.504 e. The van der Waals surface area contributed by atoms with Crippen LogP contribution >= 0.6 is 0 Å². The van der Waals surface area contributed by atoms with Gasteiger partial charge in [0.1, 0.15) is 6.17 Å². The molecule has 1 unspecified atom stereocenters. The van der Waals surface area contributed by atoms with Crippen molar-refractivity contribution in [3.05, 3.63) is 53.5 Å². The fraction of sp³-hybridized carbons (Fsp3) is 0.263. The van der Waals surface area contributed by atoms with Gasteiger partial charge in [-0.3, -0.25) is 14.6 Å². The molecule has 0 spiro atoms. The van der Waals surface area contributed by atoms with E-state index < -0.39 is 29.3 Å². The molecule has 1 aromatic heterocycles. The van der Waals surface area contributed by atoms with Gasteiger partial charge in [0.25, 0.3) is 11.8 Å². The van der Waals surface area contributed by atoms with Gasteiger partial charge in [-0.05, 0) is 42.7 Å². The molecule has 1 fully saturated rings. The zero-order valence-electron chi connectivity index (χ0n) is 15.5. The third-order valence-corrected chi connectivity index (χ3v) is 4.45. The van der Waals surface area contributed by atoms with Gasteiger partial charge in [0.2, 0.25) is 0 Å². The van der Waals surface area contributed by atoms with Crippen molar-refractivity contribution < 1.29 is 28.6 Å². The summed E-state index contributed by atoms with van der Waals surface area (Å²) in [6.07, 6.45) is 1.50. The minimum atomic E-state index is -0.782. The first kappa shape index (κ1) is 19.3. The highest BCUT2D eigenvalue weighted by atomic mass is 16.5. The van der Waals surface area contributed by atoms with E-state index in [1.165, 1.54) is 18.4 Å². The van der Waals surface area contributed by atoms with Gasteiger partial charge in [-0.1, -0.05) is 6.07 Å². The van der Waals surface area contributed by atoms with Crippen LogP contribution in [0.2, 0.25) is 0 Å². The van der Waals surface area contributed by atoms with Gasteiger partial charge in [-0.2, -0.15) is 0 Å². The molecule has 1 aliphatic heterocycles. The topological polar surface area (TPSA) is 127 Å². The Morgan fingerprint density at radius 3 is 2.64 bits per heavy atom. The molecular weight excluding hydrogens is 366 g/mol. The van der Waals surface area contributed by atoms with Crippen LogP contribution in [0.15, 0.2) is 46.6 Å². The van der Waals surface area contributed by atoms with E-state index >= 15 is 0 Å². The van der Waals surface area contributed by atoms with E-state index in [1.807, 2.05) is 12.1 Å². The van der Waals surface area contributed by atoms with E-state index in [2.05, 4.69) is 5.32 Å². The number of nitrogens with zero attached hydrogens (tertiary/aromatic N) is 1. The van der Waals surface area contributed by atoms with Gasteiger partial charge in [0.05, 0.1) is 20.5 Å². The molecule has 1 atom stereocenters. The highest BCUT2D eigenvalue weighted by molar-refractivity contribution is 6.24. The van der Waals surface area contributed by atoms with Crippen LogP contribution in [0.1, 0.15) is 17.7 Å². The number of aliphatic hydroxyl groups excluding tert-OH is 1. The van der Waals surface area contributed by atoms with Crippen LogP contribution < -0.4 is 20.6 Å². The molecule has 1 saturated heterocycles. The summed E-state index contributed by atoms with van der Waals surface area (Å²) in [5.41, 5.74) is 0.465. The van der Waals surface area contributed by atoms with Crippen molar-refractivity contribution >= 4 is 17.6 Å². The fourth-order valence-corrected chi connectivity index (χ4v) is 2.96. The molecule has 4 N–H and O–H groups in total. The number of carbonyl (C=O) groups is 2. The molecular formula is C19H21N3O6. The van der Waals surface area contributed by atoms with Crippen molar-refractivity contribution in [3.8, 4) is 11.5 Å². The molecule has 0 saturated carbocycles. The second kappa shape index (κ2) is 8.05. The van der Waals surface area contributed by atoms with E-state index in [0.29, 0.717) is 24.3 Å². The van der Waals surface area contributed by atoms with Gasteiger partial charge in [-0.15, -0.1) is 0 Å². The third-order valence-electron chi connectivity index (χ3n) is 4.45. The van der Waals surface area contributed by atoms with Crippen LogP contribution in [0.5, 0.6) is 11.5 Å². The number of rotatable bonds is 6. The number of ether oxygens (including phenoxy) is 2. The molecule has 0 aliphatic carbocycles. The number of nitrogens with one attached hydrogen (secondary N) is 1. The second-order valence-corrected chi connectivity index (χ2v) is 6.13. The Morgan fingerprint density at radius 1 is 1.25 bits per heavy atom. The number of hydrogen-bond donors (Lipinski definition) is 3. The number of amides is 2. The Kier molecular flexibility index (Phi) is 5.55. The highest BCUT2D eigenvalue weighted by Crippen LogP contribution is 2.28. The lowest BCUT2D eigenvalue weighted by Gasteiger charge is -2.33. The standard InChI is InChI=1S/C19H21N3O6/c1-26-12-7-5-11(10-14(12)27-2)6-8-15-21-18(24)16(19(25)22(15)20)17(23)13-4-3-9-28-13/h3-5,7,9-10,15,23H,6,8,20H2,1-2H3,(H,21,24). The van der Waals surface area contributed by atoms with Crippen LogP contribution in [0.25, 0.3) is 5.76 Å². The van der Waals surface area contributed by atoms with E-state index in [1.54, 1.807) is 20.3 Å². The Bertz CT molecular complexity index is 906. The summed E-state index contributed by atoms with van der Waals surface area (Å²) in [5.74, 6) is 5.04. The average Bonchev–Trinajstić information content (AvgIpc) is 3.24. The SMILES string of the molecule is COc1ccc(CCC2NC(=O)C(=C(O)c3ccco3)C(=O)N2N)cc1OC. The van der Waals surface area contributed by atoms with Crippen LogP contribution in [0.4, 0.5) is 0 Å². The summed E-state index contributed by atoms with van der Waals surface area (Å²) >= 11 is 0. The average molecular weight is 387 g/mol. The number of hydrazine groups is 1. The number of hydrogen-bond acceptors (Lipinski definition) is 7. The fourth-order valence-electron chi connectivity index (χ4n) is 2.96. The normalized spacial score (nSPS) is 18.7. The van der Waals surface area contributed by atoms with Crippen LogP contribution in [-0.2, 0) is 16.0 Å². The van der Waals surface area contributed by atoms with E-state index in [4.69, 9.17) is 19.7 Å². The lowest BCUT2D eigenvalue weighted by molar-refractivity contribution is -0.139. The maximum Gasteiger partial charge on any atom is 0.279 e. The van der Waals surface area contributed by atoms with Crippen LogP contribution in [0, 0.1) is 0 Å². The molecule has 1 aromatic carbocycles. The van der Waals surface area contributed by atoms with Crippen molar-refractivity contribution in [1.29, 1.82) is 0 Å². The quantitative estimate of drug-likeness (QED) is 0.224. The Morgan fingerprint density at radius 2 is 2.00 bits per heavy atom. The van der Waals surface area contributed by atoms with Gasteiger partial charge in [0, 0.05) is 0 Å². The zero-order valence-corrected chi connectivity index (χ0v) is 15.5. The first-order valence-corrected chi connectivity index (χ1v) is 8.53. The molecule has 1 aliphatic rings. The van der Waals surface area contributed by atoms with Crippen molar-refractivity contribution in [2.75, 3.05) is 14.2 Å². The second-order valence-electron chi connectivity index (χ2n) is 6.13. The smallest absolute Gasteiger partial charge is 0.279 e. The Hall–Kier alpha value is -3.46. The number of benzene rings is 1. The summed E-state index contributed by atoms with van der Waals surface area (Å²) in [4.78, 5) is 24.9. The first-order chi connectivity index (χ1) is 13.5. The predicted octanol–water partition coefficient (Wildman–Crippen LogP) is 1.36. The summed E-state index contributed by atoms with van der Waals surface area (Å²) in [7, 11) is 3.10. The molecule has 3 rings (SSSR count). The summed E-state index contributed by atoms with van der Waals surface area (Å²) < 4.78 is 15.5. The maximum absolute atomic E-state index is 12.5. The van der Waals surface area contributed by atoms with Crippen molar-refractivity contribution in [2.45, 2.75) is 19.0 Å². The summed E-state index contributed by atoms with van der Waals surface area (Å²) in [6, 6.07) is 8.43. The molecule has 9 nitrogen and oxygen atoms in total. The molecule has 2 aromatic rings. The number of carbonyl (C=O) groups excluding carboxylic acids is 2. The highest BCUT2D eigenvalue weighted by Gasteiger charge is 2.38. The lowest BCUT2D eigenvalue weighted by Crippen LogP contribution is -2.61. The number of methoxy groups -OCH3 is 2. The lowest BCUT2D eigenvalue weighted by atomic mass is 10.0. The van der Waals surface area contributed by atoms with Gasteiger partial charge in [-0.25, -0.2) is 5.84 Å². The number of aliphatic hydroxyl groups is 1. The number of furan rings is 1. The van der Waals surface area contributed by atoms with Gasteiger partial charge in [0.15, 0.2) is 28.6 Å². The largest absolute Gasteiger partial charge is 0.504 e. The third kappa shape index (κ3) is 3.65. The maximum atomic E-state index is 12.5. The molecule has 2 heterocycles. The van der Waals surface area contributed by atoms with Crippen LogP contribution in [0.3, 0.4) is 0 Å². The van der Waals surface area contributed by atoms with E-state index in [-0.39, 0.29) is 5.76 Å². The van der Waals surface area contributed by atoms with E-state index in [0.717, 1.165) is 10.6 Å². The predicted molar refractivity (Wildman–Crippen MR) is 99.1 cm³/mol. The number of nitrogens with two attached hydrogens (primary N) is 1. The van der Waals surface area contributed by atoms with Crippen molar-refractivity contribution in [2.24, 2.45) is 5.84 Å². The Balaban J connectivity index is 1.73. The Labute approximate surface area is 161 Å². The summed E-state index contributed by atoms with van der Waals surface area (Å²) in [6.45, 7) is 0. The molecule has 2 amide bonds. The van der Waals surface area contributed by atoms with Crippen LogP contribution in [-0.4, -0.2) is 42.3 Å².